The van der Waals surface area contributed by atoms with Gasteiger partial charge in [-0.15, -0.1) is 0 Å². The minimum absolute atomic E-state index is 0.0902. The summed E-state index contributed by atoms with van der Waals surface area (Å²) >= 11 is 0. The van der Waals surface area contributed by atoms with E-state index in [1.165, 1.54) is 44.9 Å². The zero-order valence-electron chi connectivity index (χ0n) is 43.4. The van der Waals surface area contributed by atoms with E-state index in [4.69, 9.17) is 14.2 Å². The van der Waals surface area contributed by atoms with Gasteiger partial charge in [-0.2, -0.15) is 0 Å². The fraction of sp³-hybridized carbons (Fsp3) is 0.656. The highest BCUT2D eigenvalue weighted by Gasteiger charge is 2.19. The largest absolute Gasteiger partial charge is 0.462 e. The second kappa shape index (κ2) is 54.7. The van der Waals surface area contributed by atoms with Crippen molar-refractivity contribution in [2.45, 2.75) is 245 Å². The molecule has 0 fully saturated rings. The molecule has 1 atom stereocenters. The molecule has 380 valence electrons. The maximum atomic E-state index is 12.8. The maximum absolute atomic E-state index is 12.8. The van der Waals surface area contributed by atoms with Gasteiger partial charge in [0, 0.05) is 19.3 Å². The lowest BCUT2D eigenvalue weighted by atomic mass is 10.1. The van der Waals surface area contributed by atoms with Crippen molar-refractivity contribution in [1.82, 2.24) is 0 Å². The van der Waals surface area contributed by atoms with Crippen molar-refractivity contribution in [2.24, 2.45) is 0 Å². The van der Waals surface area contributed by atoms with Crippen LogP contribution in [0, 0.1) is 0 Å². The summed E-state index contributed by atoms with van der Waals surface area (Å²) in [6.45, 7) is 6.40. The summed E-state index contributed by atoms with van der Waals surface area (Å²) in [5, 5.41) is 0. The number of hydrogen-bond acceptors (Lipinski definition) is 6. The third-order valence-electron chi connectivity index (χ3n) is 11.2. The van der Waals surface area contributed by atoms with Crippen LogP contribution in [0.1, 0.15) is 239 Å². The summed E-state index contributed by atoms with van der Waals surface area (Å²) < 4.78 is 16.7. The first-order valence-corrected chi connectivity index (χ1v) is 27.4. The highest BCUT2D eigenvalue weighted by molar-refractivity contribution is 5.71. The first-order valence-electron chi connectivity index (χ1n) is 27.4. The van der Waals surface area contributed by atoms with E-state index in [0.29, 0.717) is 19.3 Å². The Morgan fingerprint density at radius 2 is 0.612 bits per heavy atom. The fourth-order valence-corrected chi connectivity index (χ4v) is 7.16. The van der Waals surface area contributed by atoms with E-state index >= 15 is 0 Å². The molecule has 0 rings (SSSR count). The molecule has 0 saturated heterocycles. The van der Waals surface area contributed by atoms with Gasteiger partial charge in [0.2, 0.25) is 0 Å². The number of carbonyl (C=O) groups is 3. The highest BCUT2D eigenvalue weighted by atomic mass is 16.6. The number of unbranched alkanes of at least 4 members (excludes halogenated alkanes) is 19. The Labute approximate surface area is 412 Å². The molecule has 0 aliphatic rings. The second-order valence-electron chi connectivity index (χ2n) is 17.8. The van der Waals surface area contributed by atoms with Crippen LogP contribution in [0.4, 0.5) is 0 Å². The molecule has 0 aliphatic heterocycles. The van der Waals surface area contributed by atoms with Gasteiger partial charge in [-0.05, 0) is 103 Å². The average molecular weight is 929 g/mol. The quantitative estimate of drug-likeness (QED) is 0.0262. The van der Waals surface area contributed by atoms with Crippen molar-refractivity contribution in [3.8, 4) is 0 Å². The molecule has 0 aromatic carbocycles. The molecule has 0 spiro atoms. The first kappa shape index (κ1) is 63.1. The number of hydrogen-bond donors (Lipinski definition) is 0. The van der Waals surface area contributed by atoms with Crippen LogP contribution in [0.15, 0.2) is 109 Å². The van der Waals surface area contributed by atoms with Crippen molar-refractivity contribution in [3.63, 3.8) is 0 Å². The number of allylic oxidation sites excluding steroid dienone is 18. The number of carbonyl (C=O) groups excluding carboxylic acids is 3. The fourth-order valence-electron chi connectivity index (χ4n) is 7.16. The Hall–Kier alpha value is -3.93. The molecule has 6 nitrogen and oxygen atoms in total. The van der Waals surface area contributed by atoms with E-state index in [-0.39, 0.29) is 31.1 Å². The minimum atomic E-state index is -0.792. The van der Waals surface area contributed by atoms with Gasteiger partial charge in [0.1, 0.15) is 13.2 Å². The van der Waals surface area contributed by atoms with Crippen LogP contribution in [0.5, 0.6) is 0 Å². The van der Waals surface area contributed by atoms with Crippen LogP contribution in [0.2, 0.25) is 0 Å². The summed E-state index contributed by atoms with van der Waals surface area (Å²) in [5.41, 5.74) is 0. The first-order chi connectivity index (χ1) is 33.0. The molecule has 0 radical (unpaired) electrons. The SMILES string of the molecule is CC/C=C\C/C=C\C/C=C\C/C=C\C/C=C\C/C=C\C/C=C\CCCCCCCC(=O)OCC(COC(=O)CCCCCCCCCCC)OC(=O)CCCCCCC/C=C\C/C=C\CCC. The van der Waals surface area contributed by atoms with Crippen molar-refractivity contribution >= 4 is 17.9 Å². The Bertz CT molecular complexity index is 1390. The average Bonchev–Trinajstić information content (AvgIpc) is 3.33. The third kappa shape index (κ3) is 52.9. The molecule has 6 heteroatoms. The van der Waals surface area contributed by atoms with Crippen molar-refractivity contribution in [3.05, 3.63) is 109 Å². The molecular weight excluding hydrogens is 829 g/mol. The summed E-state index contributed by atoms with van der Waals surface area (Å²) in [4.78, 5) is 37.9. The number of esters is 3. The standard InChI is InChI=1S/C61H100O6/c1-4-7-10-13-16-19-21-23-24-25-26-27-28-29-30-31-32-33-34-35-36-38-39-42-45-48-51-54-60(63)66-57-58(56-65-59(62)53-50-47-44-41-18-15-12-9-6-3)67-61(64)55-52-49-46-43-40-37-22-20-17-14-11-8-5-2/h7,10-11,14,16,19-20,22-24,26-27,29-30,32-33,35-36,58H,4-6,8-9,12-13,15,17-18,21,25,28,31,34,37-57H2,1-3H3/b10-7-,14-11-,19-16-,22-20-,24-23-,27-26-,30-29-,33-32-,36-35-. The zero-order valence-corrected chi connectivity index (χ0v) is 43.4. The lowest BCUT2D eigenvalue weighted by Gasteiger charge is -2.18. The lowest BCUT2D eigenvalue weighted by Crippen LogP contribution is -2.30. The van der Waals surface area contributed by atoms with E-state index in [9.17, 15) is 14.4 Å². The lowest BCUT2D eigenvalue weighted by molar-refractivity contribution is -0.167. The van der Waals surface area contributed by atoms with Crippen LogP contribution >= 0.6 is 0 Å². The number of ether oxygens (including phenoxy) is 3. The zero-order chi connectivity index (χ0) is 48.6. The van der Waals surface area contributed by atoms with Crippen LogP contribution in [-0.2, 0) is 28.6 Å². The molecule has 0 heterocycles. The van der Waals surface area contributed by atoms with E-state index in [1.807, 2.05) is 0 Å². The van der Waals surface area contributed by atoms with Crippen LogP contribution in [0.25, 0.3) is 0 Å². The van der Waals surface area contributed by atoms with E-state index < -0.39 is 6.10 Å². The van der Waals surface area contributed by atoms with Crippen LogP contribution in [-0.4, -0.2) is 37.2 Å². The Morgan fingerprint density at radius 3 is 0.970 bits per heavy atom. The molecule has 1 unspecified atom stereocenters. The smallest absolute Gasteiger partial charge is 0.306 e. The van der Waals surface area contributed by atoms with E-state index in [1.54, 1.807) is 0 Å². The van der Waals surface area contributed by atoms with Gasteiger partial charge in [0.25, 0.3) is 0 Å². The van der Waals surface area contributed by atoms with Crippen molar-refractivity contribution in [2.75, 3.05) is 13.2 Å². The molecule has 0 aromatic rings. The van der Waals surface area contributed by atoms with Gasteiger partial charge in [0.05, 0.1) is 0 Å². The van der Waals surface area contributed by atoms with E-state index in [2.05, 4.69) is 130 Å². The molecule has 67 heavy (non-hydrogen) atoms. The van der Waals surface area contributed by atoms with Gasteiger partial charge < -0.3 is 14.2 Å². The molecule has 0 bridgehead atoms. The van der Waals surface area contributed by atoms with Gasteiger partial charge in [-0.1, -0.05) is 226 Å². The Morgan fingerprint density at radius 1 is 0.313 bits per heavy atom. The monoisotopic (exact) mass is 929 g/mol. The molecular formula is C61H100O6. The predicted molar refractivity (Wildman–Crippen MR) is 288 cm³/mol. The second-order valence-corrected chi connectivity index (χ2v) is 17.8. The van der Waals surface area contributed by atoms with E-state index in [0.717, 1.165) is 154 Å². The maximum Gasteiger partial charge on any atom is 0.306 e. The number of rotatable bonds is 48. The topological polar surface area (TPSA) is 78.9 Å². The van der Waals surface area contributed by atoms with Crippen molar-refractivity contribution in [1.29, 1.82) is 0 Å². The predicted octanol–water partition coefficient (Wildman–Crippen LogP) is 18.3. The van der Waals surface area contributed by atoms with Gasteiger partial charge >= 0.3 is 17.9 Å². The molecule has 0 amide bonds. The van der Waals surface area contributed by atoms with Gasteiger partial charge in [0.15, 0.2) is 6.10 Å². The molecule has 0 aromatic heterocycles. The Balaban J connectivity index is 4.30. The summed E-state index contributed by atoms with van der Waals surface area (Å²) in [6, 6.07) is 0. The molecule has 0 saturated carbocycles. The normalized spacial score (nSPS) is 12.9. The summed E-state index contributed by atoms with van der Waals surface area (Å²) in [6.07, 6.45) is 73.7. The van der Waals surface area contributed by atoms with Crippen LogP contribution < -0.4 is 0 Å². The summed E-state index contributed by atoms with van der Waals surface area (Å²) in [5.74, 6) is -0.931. The van der Waals surface area contributed by atoms with Crippen LogP contribution in [0.3, 0.4) is 0 Å². The highest BCUT2D eigenvalue weighted by Crippen LogP contribution is 2.14. The molecule has 0 aliphatic carbocycles. The van der Waals surface area contributed by atoms with Gasteiger partial charge in [-0.3, -0.25) is 14.4 Å². The minimum Gasteiger partial charge on any atom is -0.462 e. The Kier molecular flexibility index (Phi) is 51.5. The van der Waals surface area contributed by atoms with Crippen molar-refractivity contribution < 1.29 is 28.6 Å². The third-order valence-corrected chi connectivity index (χ3v) is 11.2. The van der Waals surface area contributed by atoms with Gasteiger partial charge in [-0.25, -0.2) is 0 Å². The summed E-state index contributed by atoms with van der Waals surface area (Å²) in [7, 11) is 0. The molecule has 0 N–H and O–H groups in total.